The molecule has 2 bridgehead atoms. The van der Waals surface area contributed by atoms with Gasteiger partial charge in [-0.15, -0.1) is 0 Å². The maximum atomic E-state index is 6.52. The summed E-state index contributed by atoms with van der Waals surface area (Å²) in [6.07, 6.45) is 2.41. The lowest BCUT2D eigenvalue weighted by molar-refractivity contribution is -0.0732. The van der Waals surface area contributed by atoms with Crippen molar-refractivity contribution in [1.82, 2.24) is 0 Å². The van der Waals surface area contributed by atoms with Gasteiger partial charge in [-0.3, -0.25) is 0 Å². The molecule has 4 fully saturated rings. The molecular formula is C18H25BO3. The van der Waals surface area contributed by atoms with Gasteiger partial charge in [-0.1, -0.05) is 31.5 Å². The first-order valence-corrected chi connectivity index (χ1v) is 8.34. The maximum Gasteiger partial charge on any atom is 0.189 e. The van der Waals surface area contributed by atoms with Crippen LogP contribution in [-0.4, -0.2) is 25.4 Å². The highest BCUT2D eigenvalue weighted by Gasteiger charge is 2.69. The van der Waals surface area contributed by atoms with Crippen LogP contribution in [0.3, 0.4) is 0 Å². The fourth-order valence-corrected chi connectivity index (χ4v) is 5.04. The molecule has 0 amide bonds. The summed E-state index contributed by atoms with van der Waals surface area (Å²) in [5.41, 5.74) is 2.15. The molecule has 4 heterocycles. The van der Waals surface area contributed by atoms with Crippen molar-refractivity contribution in [1.29, 1.82) is 0 Å². The predicted molar refractivity (Wildman–Crippen MR) is 87.5 cm³/mol. The Kier molecular flexibility index (Phi) is 2.99. The Morgan fingerprint density at radius 1 is 1.27 bits per heavy atom. The van der Waals surface area contributed by atoms with Crippen LogP contribution in [0, 0.1) is 12.8 Å². The number of aryl methyl sites for hydroxylation is 1. The van der Waals surface area contributed by atoms with Gasteiger partial charge >= 0.3 is 0 Å². The summed E-state index contributed by atoms with van der Waals surface area (Å²) < 4.78 is 18.2. The number of ether oxygens (including phenoxy) is 3. The Balaban J connectivity index is 1.63. The van der Waals surface area contributed by atoms with Gasteiger partial charge in [-0.2, -0.15) is 0 Å². The Hall–Kier alpha value is -0.995. The SMILES string of the molecule is COc1ccc(C2OC3CC4CB(C4(C)C)C3(C)O2)c(C)c1. The molecule has 0 N–H and O–H groups in total. The molecule has 118 valence electrons. The van der Waals surface area contributed by atoms with E-state index in [2.05, 4.69) is 39.8 Å². The van der Waals surface area contributed by atoms with Crippen molar-refractivity contribution < 1.29 is 14.2 Å². The van der Waals surface area contributed by atoms with Crippen molar-refractivity contribution in [2.24, 2.45) is 5.92 Å². The smallest absolute Gasteiger partial charge is 0.189 e. The van der Waals surface area contributed by atoms with Crippen LogP contribution in [0.1, 0.15) is 44.6 Å². The van der Waals surface area contributed by atoms with Crippen LogP contribution < -0.4 is 4.74 Å². The molecule has 1 aromatic rings. The fourth-order valence-electron chi connectivity index (χ4n) is 5.04. The summed E-state index contributed by atoms with van der Waals surface area (Å²) in [5, 5.41) is 0.387. The van der Waals surface area contributed by atoms with E-state index in [4.69, 9.17) is 14.2 Å². The van der Waals surface area contributed by atoms with Crippen molar-refractivity contribution in [3.63, 3.8) is 0 Å². The van der Waals surface area contributed by atoms with Crippen molar-refractivity contribution in [3.8, 4) is 5.75 Å². The highest BCUT2D eigenvalue weighted by Crippen LogP contribution is 2.66. The first-order chi connectivity index (χ1) is 10.4. The van der Waals surface area contributed by atoms with Crippen LogP contribution in [0.4, 0.5) is 0 Å². The molecule has 0 aliphatic carbocycles. The Morgan fingerprint density at radius 3 is 2.68 bits per heavy atom. The molecule has 1 aromatic carbocycles. The van der Waals surface area contributed by atoms with E-state index in [0.717, 1.165) is 23.7 Å². The lowest BCUT2D eigenvalue weighted by Gasteiger charge is -2.62. The van der Waals surface area contributed by atoms with Gasteiger partial charge in [0, 0.05) is 5.56 Å². The third-order valence-corrected chi connectivity index (χ3v) is 6.68. The normalized spacial score (nSPS) is 38.4. The number of hydrogen-bond acceptors (Lipinski definition) is 3. The molecule has 4 atom stereocenters. The van der Waals surface area contributed by atoms with E-state index in [-0.39, 0.29) is 17.9 Å². The van der Waals surface area contributed by atoms with Gasteiger partial charge in [0.1, 0.15) is 5.75 Å². The Bertz CT molecular complexity index is 614. The number of hydrogen-bond donors (Lipinski definition) is 0. The first kappa shape index (κ1) is 14.6. The molecule has 0 radical (unpaired) electrons. The molecule has 0 aromatic heterocycles. The van der Waals surface area contributed by atoms with Crippen molar-refractivity contribution >= 4 is 6.71 Å². The summed E-state index contributed by atoms with van der Waals surface area (Å²) in [6, 6.07) is 6.12. The highest BCUT2D eigenvalue weighted by atomic mass is 16.7. The van der Waals surface area contributed by atoms with Crippen molar-refractivity contribution in [2.75, 3.05) is 7.11 Å². The van der Waals surface area contributed by atoms with Crippen LogP contribution in [0.5, 0.6) is 5.75 Å². The highest BCUT2D eigenvalue weighted by molar-refractivity contribution is 6.69. The Labute approximate surface area is 133 Å². The monoisotopic (exact) mass is 300 g/mol. The lowest BCUT2D eigenvalue weighted by atomic mass is 9.10. The summed E-state index contributed by atoms with van der Waals surface area (Å²) in [7, 11) is 1.70. The number of benzene rings is 1. The van der Waals surface area contributed by atoms with E-state index in [0.29, 0.717) is 12.0 Å². The van der Waals surface area contributed by atoms with E-state index in [1.54, 1.807) is 7.11 Å². The molecule has 0 saturated carbocycles. The van der Waals surface area contributed by atoms with Gasteiger partial charge in [0.25, 0.3) is 0 Å². The van der Waals surface area contributed by atoms with E-state index in [1.807, 2.05) is 6.07 Å². The third-order valence-electron chi connectivity index (χ3n) is 6.68. The van der Waals surface area contributed by atoms with Crippen LogP contribution in [-0.2, 0) is 9.47 Å². The summed E-state index contributed by atoms with van der Waals surface area (Å²) >= 11 is 0. The summed E-state index contributed by atoms with van der Waals surface area (Å²) in [4.78, 5) is 0. The molecule has 4 unspecified atom stereocenters. The molecule has 5 rings (SSSR count). The minimum Gasteiger partial charge on any atom is -0.497 e. The zero-order valence-electron chi connectivity index (χ0n) is 14.2. The molecule has 3 nitrogen and oxygen atoms in total. The van der Waals surface area contributed by atoms with E-state index >= 15 is 0 Å². The minimum atomic E-state index is -0.240. The lowest BCUT2D eigenvalue weighted by Crippen LogP contribution is -2.69. The molecule has 0 spiro atoms. The van der Waals surface area contributed by atoms with Crippen LogP contribution in [0.15, 0.2) is 18.2 Å². The first-order valence-electron chi connectivity index (χ1n) is 8.34. The molecule has 4 aliphatic heterocycles. The van der Waals surface area contributed by atoms with E-state index in [1.165, 1.54) is 11.9 Å². The van der Waals surface area contributed by atoms with E-state index in [9.17, 15) is 0 Å². The van der Waals surface area contributed by atoms with Gasteiger partial charge in [0.2, 0.25) is 0 Å². The average Bonchev–Trinajstić information content (AvgIpc) is 2.83. The van der Waals surface area contributed by atoms with Gasteiger partial charge < -0.3 is 14.2 Å². The quantitative estimate of drug-likeness (QED) is 0.772. The standard InChI is InChI=1S/C18H25BO3/c1-11-8-13(20-5)6-7-14(11)16-21-15-9-12-10-19(17(12,2)3)18(15,4)22-16/h6-8,12,15-16H,9-10H2,1-5H3. The topological polar surface area (TPSA) is 27.7 Å². The third kappa shape index (κ3) is 1.77. The van der Waals surface area contributed by atoms with E-state index < -0.39 is 0 Å². The molecule has 4 heteroatoms. The van der Waals surface area contributed by atoms with Gasteiger partial charge in [-0.05, 0) is 43.9 Å². The van der Waals surface area contributed by atoms with Crippen molar-refractivity contribution in [2.45, 2.75) is 63.6 Å². The predicted octanol–water partition coefficient (Wildman–Crippen LogP) is 4.02. The maximum absolute atomic E-state index is 6.52. The van der Waals surface area contributed by atoms with Crippen LogP contribution >= 0.6 is 0 Å². The summed E-state index contributed by atoms with van der Waals surface area (Å²) in [6.45, 7) is 9.75. The van der Waals surface area contributed by atoms with Crippen LogP contribution in [0.2, 0.25) is 11.6 Å². The zero-order chi connectivity index (χ0) is 15.7. The second-order valence-electron chi connectivity index (χ2n) is 8.02. The fraction of sp³-hybridized carbons (Fsp3) is 0.667. The zero-order valence-corrected chi connectivity index (χ0v) is 14.2. The molecule has 4 saturated heterocycles. The molecular weight excluding hydrogens is 275 g/mol. The van der Waals surface area contributed by atoms with Gasteiger partial charge in [0.05, 0.1) is 18.7 Å². The van der Waals surface area contributed by atoms with Crippen LogP contribution in [0.25, 0.3) is 0 Å². The largest absolute Gasteiger partial charge is 0.497 e. The molecule has 4 aliphatic rings. The second kappa shape index (κ2) is 4.51. The second-order valence-corrected chi connectivity index (χ2v) is 8.02. The molecule has 22 heavy (non-hydrogen) atoms. The van der Waals surface area contributed by atoms with Gasteiger partial charge in [-0.25, -0.2) is 0 Å². The average molecular weight is 300 g/mol. The summed E-state index contributed by atoms with van der Waals surface area (Å²) in [5.74, 6) is 1.67. The Morgan fingerprint density at radius 2 is 2.05 bits per heavy atom. The minimum absolute atomic E-state index is 0.144. The van der Waals surface area contributed by atoms with Gasteiger partial charge in [0.15, 0.2) is 13.0 Å². The number of rotatable bonds is 2. The van der Waals surface area contributed by atoms with Crippen molar-refractivity contribution in [3.05, 3.63) is 29.3 Å². The number of methoxy groups -OCH3 is 1.